The number of nitrogens with one attached hydrogen (secondary N) is 1. The molecule has 0 bridgehead atoms. The van der Waals surface area contributed by atoms with Crippen molar-refractivity contribution in [3.8, 4) is 10.4 Å². The molecular weight excluding hydrogens is 390 g/mol. The fraction of sp³-hybridized carbons (Fsp3) is 0.417. The molecule has 1 atom stereocenters. The average molecular weight is 420 g/mol. The molecule has 0 radical (unpaired) electrons. The summed E-state index contributed by atoms with van der Waals surface area (Å²) in [7, 11) is 0. The molecule has 0 saturated carbocycles. The van der Waals surface area contributed by atoms with Crippen molar-refractivity contribution in [2.24, 2.45) is 0 Å². The van der Waals surface area contributed by atoms with E-state index < -0.39 is 0 Å². The summed E-state index contributed by atoms with van der Waals surface area (Å²) < 4.78 is 0. The van der Waals surface area contributed by atoms with Crippen LogP contribution in [-0.4, -0.2) is 52.0 Å². The summed E-state index contributed by atoms with van der Waals surface area (Å²) in [5.41, 5.74) is 2.52. The van der Waals surface area contributed by atoms with E-state index in [2.05, 4.69) is 61.5 Å². The molecule has 2 fully saturated rings. The number of thiazole rings is 1. The van der Waals surface area contributed by atoms with E-state index in [-0.39, 0.29) is 0 Å². The van der Waals surface area contributed by atoms with E-state index in [9.17, 15) is 0 Å². The molecule has 0 spiro atoms. The van der Waals surface area contributed by atoms with Crippen molar-refractivity contribution in [2.45, 2.75) is 38.3 Å². The maximum absolute atomic E-state index is 4.54. The molecule has 30 heavy (non-hydrogen) atoms. The van der Waals surface area contributed by atoms with Gasteiger partial charge in [-0.2, -0.15) is 0 Å². The van der Waals surface area contributed by atoms with Gasteiger partial charge in [0.25, 0.3) is 0 Å². The largest absolute Gasteiger partial charge is 0.316 e. The summed E-state index contributed by atoms with van der Waals surface area (Å²) in [6.07, 6.45) is 9.22. The van der Waals surface area contributed by atoms with Crippen molar-refractivity contribution in [1.29, 1.82) is 0 Å². The summed E-state index contributed by atoms with van der Waals surface area (Å²) in [5.74, 6) is 0.872. The molecule has 1 aromatic carbocycles. The molecule has 2 aliphatic rings. The SMILES string of the molecule is c1ccc(-c2cnc(Nc3cc(CN4CCC[C@H]4CN4CCCC4)ccn3)s2)cc1. The molecule has 156 valence electrons. The number of rotatable bonds is 7. The summed E-state index contributed by atoms with van der Waals surface area (Å²) in [4.78, 5) is 15.5. The standard InChI is InChI=1S/C24H29N5S/c1-2-7-20(8-3-1)22-16-26-24(30-22)27-23-15-19(10-11-25-23)17-29-14-6-9-21(29)18-28-12-4-5-13-28/h1-3,7-8,10-11,15-16,21H,4-6,9,12-14,17-18H2,(H,25,26,27)/t21-/m0/s1. The topological polar surface area (TPSA) is 44.3 Å². The molecule has 0 unspecified atom stereocenters. The van der Waals surface area contributed by atoms with Gasteiger partial charge in [0.15, 0.2) is 5.13 Å². The molecule has 2 aromatic heterocycles. The first kappa shape index (κ1) is 19.7. The molecule has 2 saturated heterocycles. The Balaban J connectivity index is 1.23. The van der Waals surface area contributed by atoms with Gasteiger partial charge in [-0.1, -0.05) is 41.7 Å². The van der Waals surface area contributed by atoms with Gasteiger partial charge >= 0.3 is 0 Å². The van der Waals surface area contributed by atoms with Crippen LogP contribution in [0, 0.1) is 0 Å². The highest BCUT2D eigenvalue weighted by molar-refractivity contribution is 7.18. The highest BCUT2D eigenvalue weighted by atomic mass is 32.1. The minimum Gasteiger partial charge on any atom is -0.316 e. The zero-order valence-electron chi connectivity index (χ0n) is 17.3. The van der Waals surface area contributed by atoms with Crippen molar-refractivity contribution in [3.05, 3.63) is 60.4 Å². The van der Waals surface area contributed by atoms with Gasteiger partial charge in [-0.3, -0.25) is 4.90 Å². The van der Waals surface area contributed by atoms with E-state index in [1.165, 1.54) is 63.0 Å². The summed E-state index contributed by atoms with van der Waals surface area (Å²) in [6, 6.07) is 15.4. The Labute approximate surface area is 182 Å². The number of hydrogen-bond donors (Lipinski definition) is 1. The van der Waals surface area contributed by atoms with Crippen molar-refractivity contribution in [3.63, 3.8) is 0 Å². The van der Waals surface area contributed by atoms with Gasteiger partial charge in [0.05, 0.1) is 4.88 Å². The highest BCUT2D eigenvalue weighted by Gasteiger charge is 2.27. The zero-order chi connectivity index (χ0) is 20.2. The van der Waals surface area contributed by atoms with E-state index in [1.807, 2.05) is 18.5 Å². The monoisotopic (exact) mass is 419 g/mol. The fourth-order valence-electron chi connectivity index (χ4n) is 4.63. The third-order valence-electron chi connectivity index (χ3n) is 6.18. The number of hydrogen-bond acceptors (Lipinski definition) is 6. The Morgan fingerprint density at radius 1 is 1.00 bits per heavy atom. The molecule has 6 heteroatoms. The summed E-state index contributed by atoms with van der Waals surface area (Å²) >= 11 is 1.66. The number of anilines is 2. The average Bonchev–Trinajstić information content (AvgIpc) is 3.53. The number of aromatic nitrogens is 2. The number of benzene rings is 1. The molecule has 1 N–H and O–H groups in total. The van der Waals surface area contributed by atoms with E-state index in [4.69, 9.17) is 0 Å². The Morgan fingerprint density at radius 2 is 1.87 bits per heavy atom. The van der Waals surface area contributed by atoms with Gasteiger partial charge in [-0.05, 0) is 68.6 Å². The van der Waals surface area contributed by atoms with Crippen LogP contribution in [0.1, 0.15) is 31.2 Å². The normalized spacial score (nSPS) is 20.1. The Bertz CT molecular complexity index is 951. The third-order valence-corrected chi connectivity index (χ3v) is 7.14. The number of nitrogens with zero attached hydrogens (tertiary/aromatic N) is 4. The number of likely N-dealkylation sites (tertiary alicyclic amines) is 2. The molecule has 4 heterocycles. The molecule has 0 aliphatic carbocycles. The van der Waals surface area contributed by atoms with Crippen molar-refractivity contribution in [1.82, 2.24) is 19.8 Å². The summed E-state index contributed by atoms with van der Waals surface area (Å²) in [5, 5.41) is 4.28. The summed E-state index contributed by atoms with van der Waals surface area (Å²) in [6.45, 7) is 6.01. The zero-order valence-corrected chi connectivity index (χ0v) is 18.2. The second-order valence-electron chi connectivity index (χ2n) is 8.34. The van der Waals surface area contributed by atoms with Gasteiger partial charge in [0.2, 0.25) is 0 Å². The lowest BCUT2D eigenvalue weighted by molar-refractivity contribution is 0.185. The Morgan fingerprint density at radius 3 is 2.73 bits per heavy atom. The van der Waals surface area contributed by atoms with Gasteiger partial charge in [0, 0.05) is 31.5 Å². The van der Waals surface area contributed by atoms with Crippen LogP contribution in [0.4, 0.5) is 10.9 Å². The maximum atomic E-state index is 4.54. The lowest BCUT2D eigenvalue weighted by Crippen LogP contribution is -2.38. The Kier molecular flexibility index (Phi) is 6.06. The minimum atomic E-state index is 0.695. The van der Waals surface area contributed by atoms with Gasteiger partial charge in [-0.15, -0.1) is 0 Å². The van der Waals surface area contributed by atoms with Crippen molar-refractivity contribution >= 4 is 22.3 Å². The first-order chi connectivity index (χ1) is 14.8. The third kappa shape index (κ3) is 4.72. The highest BCUT2D eigenvalue weighted by Crippen LogP contribution is 2.30. The number of pyridine rings is 1. The van der Waals surface area contributed by atoms with Crippen LogP contribution in [0.5, 0.6) is 0 Å². The lowest BCUT2D eigenvalue weighted by Gasteiger charge is -2.28. The quantitative estimate of drug-likeness (QED) is 0.583. The van der Waals surface area contributed by atoms with Gasteiger partial charge in [0.1, 0.15) is 5.82 Å². The smallest absolute Gasteiger partial charge is 0.188 e. The van der Waals surface area contributed by atoms with Crippen LogP contribution in [0.3, 0.4) is 0 Å². The van der Waals surface area contributed by atoms with Gasteiger partial charge in [-0.25, -0.2) is 9.97 Å². The predicted octanol–water partition coefficient (Wildman–Crippen LogP) is 5.01. The molecule has 5 nitrogen and oxygen atoms in total. The van der Waals surface area contributed by atoms with E-state index >= 15 is 0 Å². The predicted molar refractivity (Wildman–Crippen MR) is 124 cm³/mol. The van der Waals surface area contributed by atoms with Crippen molar-refractivity contribution in [2.75, 3.05) is 31.5 Å². The molecular formula is C24H29N5S. The fourth-order valence-corrected chi connectivity index (χ4v) is 5.45. The van der Waals surface area contributed by atoms with Gasteiger partial charge < -0.3 is 10.2 Å². The van der Waals surface area contributed by atoms with Crippen LogP contribution in [-0.2, 0) is 6.54 Å². The first-order valence-corrected chi connectivity index (χ1v) is 11.8. The van der Waals surface area contributed by atoms with Crippen LogP contribution in [0.2, 0.25) is 0 Å². The lowest BCUT2D eigenvalue weighted by atomic mass is 10.2. The Hall–Kier alpha value is -2.28. The van der Waals surface area contributed by atoms with E-state index in [0.717, 1.165) is 22.4 Å². The first-order valence-electron chi connectivity index (χ1n) is 11.0. The van der Waals surface area contributed by atoms with Crippen LogP contribution in [0.25, 0.3) is 10.4 Å². The van der Waals surface area contributed by atoms with Crippen molar-refractivity contribution < 1.29 is 0 Å². The van der Waals surface area contributed by atoms with E-state index in [1.54, 1.807) is 11.3 Å². The van der Waals surface area contributed by atoms with Crippen LogP contribution >= 0.6 is 11.3 Å². The minimum absolute atomic E-state index is 0.695. The second kappa shape index (κ2) is 9.25. The van der Waals surface area contributed by atoms with E-state index in [0.29, 0.717) is 6.04 Å². The molecule has 5 rings (SSSR count). The maximum Gasteiger partial charge on any atom is 0.188 e. The second-order valence-corrected chi connectivity index (χ2v) is 9.37. The van der Waals surface area contributed by atoms with Crippen LogP contribution in [0.15, 0.2) is 54.9 Å². The molecule has 2 aliphatic heterocycles. The molecule has 3 aromatic rings. The van der Waals surface area contributed by atoms with Crippen LogP contribution < -0.4 is 5.32 Å². The molecule has 0 amide bonds.